The summed E-state index contributed by atoms with van der Waals surface area (Å²) in [7, 11) is -3.79. The molecule has 0 amide bonds. The van der Waals surface area contributed by atoms with Gasteiger partial charge < -0.3 is 10.8 Å². The van der Waals surface area contributed by atoms with Crippen LogP contribution in [0.15, 0.2) is 23.1 Å². The number of sulfonamides is 1. The molecule has 19 heavy (non-hydrogen) atoms. The van der Waals surface area contributed by atoms with E-state index in [9.17, 15) is 17.9 Å². The van der Waals surface area contributed by atoms with E-state index >= 15 is 0 Å². The summed E-state index contributed by atoms with van der Waals surface area (Å²) in [6, 6.07) is 2.75. The van der Waals surface area contributed by atoms with Gasteiger partial charge in [0, 0.05) is 6.04 Å². The molecule has 1 aliphatic rings. The minimum Gasteiger partial charge on any atom is -0.396 e. The Hall–Kier alpha value is -1.18. The second-order valence-electron chi connectivity index (χ2n) is 4.76. The fraction of sp³-hybridized carbons (Fsp3) is 0.500. The highest BCUT2D eigenvalue weighted by atomic mass is 32.2. The standard InChI is InChI=1S/C12H17FN2O3S/c13-9-6-5-8(7-10(9)14)19(17,18)15-11-3-1-2-4-12(11)16/h5-7,11-12,15-16H,1-4,14H2. The van der Waals surface area contributed by atoms with Gasteiger partial charge in [-0.2, -0.15) is 0 Å². The Balaban J connectivity index is 2.19. The Morgan fingerprint density at radius 2 is 2.00 bits per heavy atom. The summed E-state index contributed by atoms with van der Waals surface area (Å²) in [5.74, 6) is -0.656. The van der Waals surface area contributed by atoms with E-state index in [-0.39, 0.29) is 10.6 Å². The van der Waals surface area contributed by atoms with Gasteiger partial charge in [-0.05, 0) is 31.0 Å². The molecule has 0 radical (unpaired) electrons. The molecule has 0 bridgehead atoms. The smallest absolute Gasteiger partial charge is 0.240 e. The van der Waals surface area contributed by atoms with Crippen molar-refractivity contribution in [3.8, 4) is 0 Å². The van der Waals surface area contributed by atoms with Gasteiger partial charge in [0.05, 0.1) is 16.7 Å². The van der Waals surface area contributed by atoms with Crippen LogP contribution in [0, 0.1) is 5.82 Å². The predicted octanol–water partition coefficient (Wildman–Crippen LogP) is 0.990. The Morgan fingerprint density at radius 3 is 2.63 bits per heavy atom. The van der Waals surface area contributed by atoms with E-state index in [2.05, 4.69) is 4.72 Å². The summed E-state index contributed by atoms with van der Waals surface area (Å²) in [5, 5.41) is 9.77. The van der Waals surface area contributed by atoms with Crippen molar-refractivity contribution in [1.29, 1.82) is 0 Å². The molecule has 5 nitrogen and oxygen atoms in total. The zero-order chi connectivity index (χ0) is 14.0. The van der Waals surface area contributed by atoms with Crippen molar-refractivity contribution in [2.75, 3.05) is 5.73 Å². The SMILES string of the molecule is Nc1cc(S(=O)(=O)NC2CCCCC2O)ccc1F. The van der Waals surface area contributed by atoms with Gasteiger partial charge >= 0.3 is 0 Å². The molecule has 2 unspecified atom stereocenters. The van der Waals surface area contributed by atoms with Crippen LogP contribution in [-0.2, 0) is 10.0 Å². The zero-order valence-electron chi connectivity index (χ0n) is 10.3. The van der Waals surface area contributed by atoms with Gasteiger partial charge in [-0.1, -0.05) is 12.8 Å². The summed E-state index contributed by atoms with van der Waals surface area (Å²) >= 11 is 0. The largest absolute Gasteiger partial charge is 0.396 e. The first kappa shape index (κ1) is 14.2. The number of aliphatic hydroxyl groups is 1. The highest BCUT2D eigenvalue weighted by Crippen LogP contribution is 2.22. The molecule has 1 aromatic rings. The van der Waals surface area contributed by atoms with Crippen molar-refractivity contribution < 1.29 is 17.9 Å². The molecule has 106 valence electrons. The second kappa shape index (κ2) is 5.44. The molecular weight excluding hydrogens is 271 g/mol. The Kier molecular flexibility index (Phi) is 4.07. The molecule has 1 saturated carbocycles. The predicted molar refractivity (Wildman–Crippen MR) is 69.4 cm³/mol. The Bertz CT molecular complexity index is 562. The van der Waals surface area contributed by atoms with Crippen LogP contribution in [0.1, 0.15) is 25.7 Å². The summed E-state index contributed by atoms with van der Waals surface area (Å²) in [6.07, 6.45) is 2.26. The lowest BCUT2D eigenvalue weighted by molar-refractivity contribution is 0.101. The number of benzene rings is 1. The lowest BCUT2D eigenvalue weighted by atomic mass is 9.93. The van der Waals surface area contributed by atoms with Gasteiger partial charge in [-0.25, -0.2) is 17.5 Å². The van der Waals surface area contributed by atoms with Crippen LogP contribution >= 0.6 is 0 Å². The van der Waals surface area contributed by atoms with Gasteiger partial charge in [-0.3, -0.25) is 0 Å². The van der Waals surface area contributed by atoms with Crippen molar-refractivity contribution in [2.45, 2.75) is 42.7 Å². The molecule has 0 spiro atoms. The monoisotopic (exact) mass is 288 g/mol. The van der Waals surface area contributed by atoms with E-state index in [4.69, 9.17) is 5.73 Å². The molecule has 1 fully saturated rings. The van der Waals surface area contributed by atoms with Crippen LogP contribution in [-0.4, -0.2) is 25.7 Å². The molecule has 0 saturated heterocycles. The first-order valence-corrected chi connectivity index (χ1v) is 7.64. The summed E-state index contributed by atoms with van der Waals surface area (Å²) < 4.78 is 39.7. The van der Waals surface area contributed by atoms with Crippen LogP contribution in [0.2, 0.25) is 0 Å². The van der Waals surface area contributed by atoms with Gasteiger partial charge in [0.2, 0.25) is 10.0 Å². The van der Waals surface area contributed by atoms with Crippen molar-refractivity contribution in [3.05, 3.63) is 24.0 Å². The summed E-state index contributed by atoms with van der Waals surface area (Å²) in [5.41, 5.74) is 5.15. The highest BCUT2D eigenvalue weighted by molar-refractivity contribution is 7.89. The van der Waals surface area contributed by atoms with Crippen LogP contribution in [0.3, 0.4) is 0 Å². The van der Waals surface area contributed by atoms with Gasteiger partial charge in [0.1, 0.15) is 5.82 Å². The van der Waals surface area contributed by atoms with Crippen LogP contribution in [0.25, 0.3) is 0 Å². The number of halogens is 1. The van der Waals surface area contributed by atoms with E-state index in [0.29, 0.717) is 12.8 Å². The third-order valence-corrected chi connectivity index (χ3v) is 4.80. The minimum atomic E-state index is -3.79. The van der Waals surface area contributed by atoms with Crippen LogP contribution in [0.5, 0.6) is 0 Å². The molecule has 1 aliphatic carbocycles. The molecule has 4 N–H and O–H groups in total. The summed E-state index contributed by atoms with van der Waals surface area (Å²) in [4.78, 5) is -0.0934. The Morgan fingerprint density at radius 1 is 1.32 bits per heavy atom. The zero-order valence-corrected chi connectivity index (χ0v) is 11.2. The average molecular weight is 288 g/mol. The van der Waals surface area contributed by atoms with E-state index in [1.165, 1.54) is 0 Å². The maximum absolute atomic E-state index is 13.0. The maximum atomic E-state index is 13.0. The number of nitrogen functional groups attached to an aromatic ring is 1. The maximum Gasteiger partial charge on any atom is 0.240 e. The van der Waals surface area contributed by atoms with Crippen molar-refractivity contribution in [2.24, 2.45) is 0 Å². The van der Waals surface area contributed by atoms with Crippen molar-refractivity contribution >= 4 is 15.7 Å². The molecule has 2 rings (SSSR count). The van der Waals surface area contributed by atoms with Gasteiger partial charge in [0.25, 0.3) is 0 Å². The third-order valence-electron chi connectivity index (χ3n) is 3.31. The third kappa shape index (κ3) is 3.23. The number of rotatable bonds is 3. The van der Waals surface area contributed by atoms with Crippen LogP contribution in [0.4, 0.5) is 10.1 Å². The number of nitrogens with two attached hydrogens (primary N) is 1. The molecule has 2 atom stereocenters. The van der Waals surface area contributed by atoms with Crippen molar-refractivity contribution in [3.63, 3.8) is 0 Å². The molecule has 0 aromatic heterocycles. The van der Waals surface area contributed by atoms with Crippen molar-refractivity contribution in [1.82, 2.24) is 4.72 Å². The van der Waals surface area contributed by atoms with E-state index < -0.39 is 28.0 Å². The molecule has 0 aliphatic heterocycles. The second-order valence-corrected chi connectivity index (χ2v) is 6.48. The van der Waals surface area contributed by atoms with Crippen LogP contribution < -0.4 is 10.5 Å². The highest BCUT2D eigenvalue weighted by Gasteiger charge is 2.28. The average Bonchev–Trinajstić information content (AvgIpc) is 2.35. The lowest BCUT2D eigenvalue weighted by Gasteiger charge is -2.28. The minimum absolute atomic E-state index is 0.0934. The lowest BCUT2D eigenvalue weighted by Crippen LogP contribution is -2.44. The quantitative estimate of drug-likeness (QED) is 0.723. The number of aliphatic hydroxyl groups excluding tert-OH is 1. The first-order valence-electron chi connectivity index (χ1n) is 6.15. The number of hydrogen-bond donors (Lipinski definition) is 3. The van der Waals surface area contributed by atoms with Gasteiger partial charge in [0.15, 0.2) is 0 Å². The molecular formula is C12H17FN2O3S. The Labute approximate surface area is 111 Å². The molecule has 7 heteroatoms. The van der Waals surface area contributed by atoms with E-state index in [1.807, 2.05) is 0 Å². The van der Waals surface area contributed by atoms with E-state index in [0.717, 1.165) is 31.0 Å². The van der Waals surface area contributed by atoms with Gasteiger partial charge in [-0.15, -0.1) is 0 Å². The topological polar surface area (TPSA) is 92.4 Å². The normalized spacial score (nSPS) is 24.3. The number of hydrogen-bond acceptors (Lipinski definition) is 4. The molecule has 0 heterocycles. The fourth-order valence-electron chi connectivity index (χ4n) is 2.21. The number of anilines is 1. The summed E-state index contributed by atoms with van der Waals surface area (Å²) in [6.45, 7) is 0. The van der Waals surface area contributed by atoms with E-state index in [1.54, 1.807) is 0 Å². The fourth-order valence-corrected chi connectivity index (χ4v) is 3.54. The first-order chi connectivity index (χ1) is 8.90. The molecule has 1 aromatic carbocycles. The number of nitrogens with one attached hydrogen (secondary N) is 1.